The first kappa shape index (κ1) is 21.5. The van der Waals surface area contributed by atoms with Crippen LogP contribution in [0, 0.1) is 13.8 Å². The highest BCUT2D eigenvalue weighted by Gasteiger charge is 2.23. The summed E-state index contributed by atoms with van der Waals surface area (Å²) in [6, 6.07) is 17.1. The Morgan fingerprint density at radius 1 is 0.733 bits per heavy atom. The minimum absolute atomic E-state index is 0.0318. The Morgan fingerprint density at radius 2 is 1.40 bits per heavy atom. The van der Waals surface area contributed by atoms with Crippen LogP contribution in [0.3, 0.4) is 0 Å². The van der Waals surface area contributed by atoms with Crippen LogP contribution < -0.4 is 10.0 Å². The Bertz CT molecular complexity index is 1300. The molecule has 3 rings (SSSR count). The van der Waals surface area contributed by atoms with E-state index in [1.807, 2.05) is 11.6 Å². The van der Waals surface area contributed by atoms with Crippen LogP contribution in [-0.4, -0.2) is 22.9 Å². The number of urea groups is 1. The van der Waals surface area contributed by atoms with E-state index in [1.165, 1.54) is 42.5 Å². The fourth-order valence-corrected chi connectivity index (χ4v) is 5.19. The van der Waals surface area contributed by atoms with Crippen molar-refractivity contribution in [3.05, 3.63) is 83.9 Å². The van der Waals surface area contributed by atoms with E-state index in [0.29, 0.717) is 0 Å². The van der Waals surface area contributed by atoms with Crippen LogP contribution in [0.2, 0.25) is 0 Å². The van der Waals surface area contributed by atoms with Gasteiger partial charge < -0.3 is 5.32 Å². The summed E-state index contributed by atoms with van der Waals surface area (Å²) in [5, 5.41) is 2.33. The molecule has 0 spiro atoms. The van der Waals surface area contributed by atoms with E-state index in [1.54, 1.807) is 37.3 Å². The molecule has 0 atom stereocenters. The summed E-state index contributed by atoms with van der Waals surface area (Å²) in [7, 11) is -8.04. The zero-order chi connectivity index (χ0) is 21.9. The van der Waals surface area contributed by atoms with Gasteiger partial charge >= 0.3 is 6.03 Å². The smallest absolute Gasteiger partial charge is 0.306 e. The molecule has 0 fully saturated rings. The van der Waals surface area contributed by atoms with Crippen molar-refractivity contribution in [2.45, 2.75) is 28.5 Å². The summed E-state index contributed by atoms with van der Waals surface area (Å²) in [5.74, 6) is 0. The molecule has 2 N–H and O–H groups in total. The van der Waals surface area contributed by atoms with Crippen LogP contribution in [0.4, 0.5) is 10.5 Å². The number of nitrogens with one attached hydrogen (secondary N) is 2. The number of hydrogen-bond acceptors (Lipinski definition) is 5. The van der Waals surface area contributed by atoms with Gasteiger partial charge in [0.25, 0.3) is 10.0 Å². The van der Waals surface area contributed by atoms with Gasteiger partial charge in [-0.15, -0.1) is 0 Å². The Labute approximate surface area is 175 Å². The average molecular weight is 445 g/mol. The first-order valence-electron chi connectivity index (χ1n) is 8.91. The number of carbonyl (C=O) groups is 1. The van der Waals surface area contributed by atoms with Crippen molar-refractivity contribution in [3.63, 3.8) is 0 Å². The number of sulfonamides is 1. The van der Waals surface area contributed by atoms with Gasteiger partial charge in [-0.05, 0) is 55.8 Å². The van der Waals surface area contributed by atoms with Gasteiger partial charge in [-0.3, -0.25) is 0 Å². The van der Waals surface area contributed by atoms with Crippen molar-refractivity contribution in [2.75, 3.05) is 5.32 Å². The third-order valence-electron chi connectivity index (χ3n) is 4.28. The highest BCUT2D eigenvalue weighted by atomic mass is 32.2. The minimum Gasteiger partial charge on any atom is -0.306 e. The third kappa shape index (κ3) is 4.69. The van der Waals surface area contributed by atoms with Gasteiger partial charge in [0.15, 0.2) is 0 Å². The van der Waals surface area contributed by atoms with Crippen LogP contribution >= 0.6 is 0 Å². The standard InChI is InChI=1S/C21H20N2O5S2/c1-15-10-12-17(13-11-15)30(27,28)23-21(24)22-19-8-3-4-9-20(19)29(25,26)18-7-5-6-16(2)14-18/h3-14H,1-2H3,(H2,22,23,24). The molecule has 2 amide bonds. The van der Waals surface area contributed by atoms with Gasteiger partial charge in [0.1, 0.15) is 0 Å². The highest BCUT2D eigenvalue weighted by Crippen LogP contribution is 2.28. The second-order valence-corrected chi connectivity index (χ2v) is 10.3. The van der Waals surface area contributed by atoms with Crippen LogP contribution in [0.1, 0.15) is 11.1 Å². The lowest BCUT2D eigenvalue weighted by molar-refractivity contribution is 0.256. The molecule has 0 heterocycles. The number of para-hydroxylation sites is 1. The molecule has 3 aromatic carbocycles. The number of carbonyl (C=O) groups excluding carboxylic acids is 1. The lowest BCUT2D eigenvalue weighted by Crippen LogP contribution is -2.34. The number of benzene rings is 3. The number of sulfone groups is 1. The van der Waals surface area contributed by atoms with Crippen LogP contribution in [-0.2, 0) is 19.9 Å². The second kappa shape index (κ2) is 8.29. The third-order valence-corrected chi connectivity index (χ3v) is 7.44. The molecule has 0 aromatic heterocycles. The second-order valence-electron chi connectivity index (χ2n) is 6.69. The number of hydrogen-bond donors (Lipinski definition) is 2. The van der Waals surface area contributed by atoms with E-state index in [-0.39, 0.29) is 20.4 Å². The monoisotopic (exact) mass is 444 g/mol. The Balaban J connectivity index is 1.88. The van der Waals surface area contributed by atoms with E-state index in [9.17, 15) is 21.6 Å². The molecular formula is C21H20N2O5S2. The predicted octanol–water partition coefficient (Wildman–Crippen LogP) is 3.65. The lowest BCUT2D eigenvalue weighted by atomic mass is 10.2. The minimum atomic E-state index is -4.11. The van der Waals surface area contributed by atoms with Gasteiger partial charge in [-0.2, -0.15) is 0 Å². The van der Waals surface area contributed by atoms with E-state index < -0.39 is 25.9 Å². The largest absolute Gasteiger partial charge is 0.333 e. The molecule has 0 radical (unpaired) electrons. The molecule has 3 aromatic rings. The van der Waals surface area contributed by atoms with E-state index in [0.717, 1.165) is 11.1 Å². The Kier molecular flexibility index (Phi) is 5.95. The molecule has 0 aliphatic heterocycles. The Morgan fingerprint density at radius 3 is 2.07 bits per heavy atom. The molecule has 0 saturated heterocycles. The highest BCUT2D eigenvalue weighted by molar-refractivity contribution is 7.91. The number of aryl methyl sites for hydroxylation is 2. The Hall–Kier alpha value is -3.17. The van der Waals surface area contributed by atoms with Crippen molar-refractivity contribution in [3.8, 4) is 0 Å². The molecule has 156 valence electrons. The van der Waals surface area contributed by atoms with Gasteiger partial charge in [0, 0.05) is 0 Å². The summed E-state index contributed by atoms with van der Waals surface area (Å²) in [6.07, 6.45) is 0. The summed E-state index contributed by atoms with van der Waals surface area (Å²) in [5.41, 5.74) is 1.60. The zero-order valence-electron chi connectivity index (χ0n) is 16.3. The maximum Gasteiger partial charge on any atom is 0.333 e. The molecule has 9 heteroatoms. The molecule has 0 unspecified atom stereocenters. The van der Waals surface area contributed by atoms with E-state index >= 15 is 0 Å². The quantitative estimate of drug-likeness (QED) is 0.624. The van der Waals surface area contributed by atoms with Crippen LogP contribution in [0.15, 0.2) is 87.5 Å². The molecule has 30 heavy (non-hydrogen) atoms. The molecular weight excluding hydrogens is 424 g/mol. The normalized spacial score (nSPS) is 11.7. The molecule has 7 nitrogen and oxygen atoms in total. The summed E-state index contributed by atoms with van der Waals surface area (Å²) in [6.45, 7) is 3.58. The van der Waals surface area contributed by atoms with Gasteiger partial charge in [0.2, 0.25) is 9.84 Å². The summed E-state index contributed by atoms with van der Waals surface area (Å²) >= 11 is 0. The molecule has 0 saturated carbocycles. The maximum absolute atomic E-state index is 13.0. The van der Waals surface area contributed by atoms with E-state index in [4.69, 9.17) is 0 Å². The molecule has 0 aliphatic carbocycles. The number of anilines is 1. The van der Waals surface area contributed by atoms with Gasteiger partial charge in [-0.25, -0.2) is 26.4 Å². The summed E-state index contributed by atoms with van der Waals surface area (Å²) < 4.78 is 52.8. The number of rotatable bonds is 5. The number of amides is 2. The van der Waals surface area contributed by atoms with Crippen molar-refractivity contribution >= 4 is 31.6 Å². The van der Waals surface area contributed by atoms with E-state index in [2.05, 4.69) is 5.32 Å². The average Bonchev–Trinajstić information content (AvgIpc) is 2.68. The topological polar surface area (TPSA) is 109 Å². The van der Waals surface area contributed by atoms with Gasteiger partial charge in [-0.1, -0.05) is 42.0 Å². The van der Waals surface area contributed by atoms with Gasteiger partial charge in [0.05, 0.1) is 20.4 Å². The van der Waals surface area contributed by atoms with Crippen molar-refractivity contribution in [1.29, 1.82) is 0 Å². The fraction of sp³-hybridized carbons (Fsp3) is 0.0952. The maximum atomic E-state index is 13.0. The first-order valence-corrected chi connectivity index (χ1v) is 11.9. The summed E-state index contributed by atoms with van der Waals surface area (Å²) in [4.78, 5) is 12.2. The molecule has 0 aliphatic rings. The van der Waals surface area contributed by atoms with Crippen molar-refractivity contribution in [2.24, 2.45) is 0 Å². The lowest BCUT2D eigenvalue weighted by Gasteiger charge is -2.13. The zero-order valence-corrected chi connectivity index (χ0v) is 17.9. The fourth-order valence-electron chi connectivity index (χ4n) is 2.76. The molecule has 0 bridgehead atoms. The SMILES string of the molecule is Cc1ccc(S(=O)(=O)NC(=O)Nc2ccccc2S(=O)(=O)c2cccc(C)c2)cc1. The van der Waals surface area contributed by atoms with Crippen molar-refractivity contribution in [1.82, 2.24) is 4.72 Å². The predicted molar refractivity (Wildman–Crippen MR) is 114 cm³/mol. The first-order chi connectivity index (χ1) is 14.1. The van der Waals surface area contributed by atoms with Crippen molar-refractivity contribution < 1.29 is 21.6 Å². The van der Waals surface area contributed by atoms with Crippen LogP contribution in [0.25, 0.3) is 0 Å². The van der Waals surface area contributed by atoms with Crippen LogP contribution in [0.5, 0.6) is 0 Å².